The highest BCUT2D eigenvalue weighted by molar-refractivity contribution is 5.75. The van der Waals surface area contributed by atoms with Crippen molar-refractivity contribution < 1.29 is 14.7 Å². The Morgan fingerprint density at radius 3 is 2.26 bits per heavy atom. The molecule has 0 spiro atoms. The third-order valence-corrected chi connectivity index (χ3v) is 4.06. The summed E-state index contributed by atoms with van der Waals surface area (Å²) in [5.41, 5.74) is 0. The van der Waals surface area contributed by atoms with Crippen molar-refractivity contribution >= 4 is 12.0 Å². The van der Waals surface area contributed by atoms with E-state index < -0.39 is 12.0 Å². The summed E-state index contributed by atoms with van der Waals surface area (Å²) >= 11 is 0. The zero-order valence-corrected chi connectivity index (χ0v) is 11.7. The molecule has 0 bridgehead atoms. The minimum absolute atomic E-state index is 0.118. The number of carboxylic acids is 1. The molecule has 6 heteroatoms. The Morgan fingerprint density at radius 2 is 1.84 bits per heavy atom. The molecule has 1 saturated heterocycles. The summed E-state index contributed by atoms with van der Waals surface area (Å²) in [6.07, 6.45) is 2.24. The predicted octanol–water partition coefficient (Wildman–Crippen LogP) is 0.681. The zero-order valence-electron chi connectivity index (χ0n) is 11.7. The molecule has 0 aromatic rings. The van der Waals surface area contributed by atoms with Crippen molar-refractivity contribution in [3.8, 4) is 0 Å². The molecule has 1 aliphatic carbocycles. The largest absolute Gasteiger partial charge is 0.480 e. The average molecular weight is 269 g/mol. The lowest BCUT2D eigenvalue weighted by Gasteiger charge is -2.38. The number of rotatable bonds is 4. The number of carbonyl (C=O) groups is 2. The maximum absolute atomic E-state index is 12.3. The summed E-state index contributed by atoms with van der Waals surface area (Å²) in [5, 5.41) is 8.99. The van der Waals surface area contributed by atoms with E-state index in [9.17, 15) is 9.59 Å². The molecule has 6 nitrogen and oxygen atoms in total. The van der Waals surface area contributed by atoms with Crippen LogP contribution in [0.4, 0.5) is 4.79 Å². The van der Waals surface area contributed by atoms with Crippen molar-refractivity contribution in [1.82, 2.24) is 14.7 Å². The SMILES string of the molecule is CCN(C(=O)N1CCN(C(C)C(=O)O)CC1)C1CC1. The highest BCUT2D eigenvalue weighted by Crippen LogP contribution is 2.27. The molecular weight excluding hydrogens is 246 g/mol. The average Bonchev–Trinajstić information content (AvgIpc) is 3.23. The van der Waals surface area contributed by atoms with Crippen LogP contribution in [0.3, 0.4) is 0 Å². The molecule has 1 N–H and O–H groups in total. The van der Waals surface area contributed by atoms with E-state index in [4.69, 9.17) is 5.11 Å². The van der Waals surface area contributed by atoms with Crippen LogP contribution in [0.25, 0.3) is 0 Å². The number of aliphatic carboxylic acids is 1. The van der Waals surface area contributed by atoms with Crippen LogP contribution in [0.2, 0.25) is 0 Å². The lowest BCUT2D eigenvalue weighted by molar-refractivity contribution is -0.143. The quantitative estimate of drug-likeness (QED) is 0.815. The fourth-order valence-electron chi connectivity index (χ4n) is 2.57. The molecule has 1 saturated carbocycles. The first-order valence-electron chi connectivity index (χ1n) is 7.07. The molecule has 2 aliphatic rings. The molecule has 108 valence electrons. The van der Waals surface area contributed by atoms with E-state index >= 15 is 0 Å². The van der Waals surface area contributed by atoms with E-state index in [1.165, 1.54) is 0 Å². The van der Waals surface area contributed by atoms with Gasteiger partial charge in [-0.15, -0.1) is 0 Å². The number of urea groups is 1. The molecular formula is C13H23N3O3. The maximum atomic E-state index is 12.3. The van der Waals surface area contributed by atoms with Crippen LogP contribution in [0.1, 0.15) is 26.7 Å². The Kier molecular flexibility index (Phi) is 4.29. The number of piperazine rings is 1. The lowest BCUT2D eigenvalue weighted by Crippen LogP contribution is -2.56. The van der Waals surface area contributed by atoms with E-state index in [0.29, 0.717) is 32.2 Å². The summed E-state index contributed by atoms with van der Waals surface area (Å²) in [6, 6.07) is 0.0871. The van der Waals surface area contributed by atoms with Crippen molar-refractivity contribution in [2.75, 3.05) is 32.7 Å². The first-order valence-corrected chi connectivity index (χ1v) is 7.07. The molecule has 0 aromatic heterocycles. The predicted molar refractivity (Wildman–Crippen MR) is 71.0 cm³/mol. The van der Waals surface area contributed by atoms with Crippen molar-refractivity contribution in [2.45, 2.75) is 38.8 Å². The maximum Gasteiger partial charge on any atom is 0.320 e. The summed E-state index contributed by atoms with van der Waals surface area (Å²) < 4.78 is 0. The standard InChI is InChI=1S/C13H23N3O3/c1-3-16(11-4-5-11)13(19)15-8-6-14(7-9-15)10(2)12(17)18/h10-11H,3-9H2,1-2H3,(H,17,18). The number of carboxylic acid groups (broad SMARTS) is 1. The fourth-order valence-corrected chi connectivity index (χ4v) is 2.57. The van der Waals surface area contributed by atoms with Gasteiger partial charge >= 0.3 is 12.0 Å². The van der Waals surface area contributed by atoms with Crippen LogP contribution >= 0.6 is 0 Å². The second-order valence-electron chi connectivity index (χ2n) is 5.34. The first kappa shape index (κ1) is 14.1. The molecule has 0 radical (unpaired) electrons. The third-order valence-electron chi connectivity index (χ3n) is 4.06. The molecule has 1 unspecified atom stereocenters. The van der Waals surface area contributed by atoms with Gasteiger partial charge in [0.05, 0.1) is 0 Å². The lowest BCUT2D eigenvalue weighted by atomic mass is 10.2. The number of nitrogens with zero attached hydrogens (tertiary/aromatic N) is 3. The monoisotopic (exact) mass is 269 g/mol. The molecule has 1 heterocycles. The Morgan fingerprint density at radius 1 is 1.26 bits per heavy atom. The van der Waals surface area contributed by atoms with E-state index in [2.05, 4.69) is 0 Å². The van der Waals surface area contributed by atoms with E-state index in [0.717, 1.165) is 19.4 Å². The molecule has 1 atom stereocenters. The smallest absolute Gasteiger partial charge is 0.320 e. The van der Waals surface area contributed by atoms with Crippen LogP contribution in [0, 0.1) is 0 Å². The third kappa shape index (κ3) is 3.18. The van der Waals surface area contributed by atoms with Gasteiger partial charge in [0.15, 0.2) is 0 Å². The minimum Gasteiger partial charge on any atom is -0.480 e. The molecule has 19 heavy (non-hydrogen) atoms. The molecule has 1 aliphatic heterocycles. The summed E-state index contributed by atoms with van der Waals surface area (Å²) in [6.45, 7) is 7.00. The highest BCUT2D eigenvalue weighted by atomic mass is 16.4. The number of hydrogen-bond acceptors (Lipinski definition) is 3. The van der Waals surface area contributed by atoms with E-state index in [-0.39, 0.29) is 6.03 Å². The fraction of sp³-hybridized carbons (Fsp3) is 0.846. The minimum atomic E-state index is -0.798. The molecule has 0 aromatic carbocycles. The van der Waals surface area contributed by atoms with Crippen molar-refractivity contribution in [3.05, 3.63) is 0 Å². The van der Waals surface area contributed by atoms with Gasteiger partial charge in [-0.05, 0) is 26.7 Å². The van der Waals surface area contributed by atoms with Crippen LogP contribution in [-0.2, 0) is 4.79 Å². The van der Waals surface area contributed by atoms with Gasteiger partial charge in [-0.2, -0.15) is 0 Å². The van der Waals surface area contributed by atoms with E-state index in [1.54, 1.807) is 6.92 Å². The summed E-state index contributed by atoms with van der Waals surface area (Å²) in [5.74, 6) is -0.798. The number of amides is 2. The molecule has 2 amide bonds. The van der Waals surface area contributed by atoms with Crippen LogP contribution in [0.15, 0.2) is 0 Å². The second-order valence-corrected chi connectivity index (χ2v) is 5.34. The van der Waals surface area contributed by atoms with Crippen molar-refractivity contribution in [3.63, 3.8) is 0 Å². The first-order chi connectivity index (χ1) is 9.04. The van der Waals surface area contributed by atoms with Crippen LogP contribution in [-0.4, -0.2) is 76.6 Å². The van der Waals surface area contributed by atoms with Gasteiger partial charge in [0.1, 0.15) is 6.04 Å². The Bertz CT molecular complexity index is 349. The van der Waals surface area contributed by atoms with Gasteiger partial charge in [-0.3, -0.25) is 9.69 Å². The number of hydrogen-bond donors (Lipinski definition) is 1. The number of carbonyl (C=O) groups excluding carboxylic acids is 1. The summed E-state index contributed by atoms with van der Waals surface area (Å²) in [7, 11) is 0. The Labute approximate surface area is 114 Å². The molecule has 2 rings (SSSR count). The normalized spacial score (nSPS) is 22.1. The van der Waals surface area contributed by atoms with Gasteiger partial charge in [0.25, 0.3) is 0 Å². The Balaban J connectivity index is 1.85. The van der Waals surface area contributed by atoms with Crippen molar-refractivity contribution in [2.24, 2.45) is 0 Å². The van der Waals surface area contributed by atoms with Gasteiger partial charge in [0, 0.05) is 38.8 Å². The summed E-state index contributed by atoms with van der Waals surface area (Å²) in [4.78, 5) is 29.0. The van der Waals surface area contributed by atoms with Crippen LogP contribution < -0.4 is 0 Å². The van der Waals surface area contributed by atoms with Gasteiger partial charge < -0.3 is 14.9 Å². The van der Waals surface area contributed by atoms with Crippen molar-refractivity contribution in [1.29, 1.82) is 0 Å². The second kappa shape index (κ2) is 5.77. The van der Waals surface area contributed by atoms with E-state index in [1.807, 2.05) is 21.6 Å². The van der Waals surface area contributed by atoms with Crippen LogP contribution in [0.5, 0.6) is 0 Å². The zero-order chi connectivity index (χ0) is 14.0. The van der Waals surface area contributed by atoms with Gasteiger partial charge in [-0.1, -0.05) is 0 Å². The van der Waals surface area contributed by atoms with Gasteiger partial charge in [-0.25, -0.2) is 4.79 Å². The Hall–Kier alpha value is -1.30. The van der Waals surface area contributed by atoms with Gasteiger partial charge in [0.2, 0.25) is 0 Å². The highest BCUT2D eigenvalue weighted by Gasteiger charge is 2.35. The topological polar surface area (TPSA) is 64.1 Å². The molecule has 2 fully saturated rings.